The van der Waals surface area contributed by atoms with Crippen LogP contribution in [0.4, 0.5) is 34.1 Å². The van der Waals surface area contributed by atoms with Crippen LogP contribution in [0.15, 0.2) is 249 Å². The molecule has 0 radical (unpaired) electrons. The zero-order chi connectivity index (χ0) is 59.3. The van der Waals surface area contributed by atoms with Gasteiger partial charge in [0.2, 0.25) is 0 Å². The van der Waals surface area contributed by atoms with Crippen molar-refractivity contribution >= 4 is 101 Å². The van der Waals surface area contributed by atoms with E-state index < -0.39 is 5.41 Å². The molecular formula is C83H65BN4. The normalized spacial score (nSPS) is 14.0. The van der Waals surface area contributed by atoms with Crippen LogP contribution >= 0.6 is 0 Å². The van der Waals surface area contributed by atoms with E-state index in [1.54, 1.807) is 0 Å². The summed E-state index contributed by atoms with van der Waals surface area (Å²) in [5, 5.41) is 5.04. The summed E-state index contributed by atoms with van der Waals surface area (Å²) in [5.74, 6) is 0. The third kappa shape index (κ3) is 6.77. The Labute approximate surface area is 515 Å². The van der Waals surface area contributed by atoms with Crippen LogP contribution in [0.1, 0.15) is 86.1 Å². The molecule has 0 N–H and O–H groups in total. The highest BCUT2D eigenvalue weighted by atomic mass is 15.2. The van der Waals surface area contributed by atoms with Crippen molar-refractivity contribution in [2.75, 3.05) is 9.80 Å². The lowest BCUT2D eigenvalue weighted by Crippen LogP contribution is -2.60. The smallest absolute Gasteiger partial charge is 0.252 e. The van der Waals surface area contributed by atoms with Crippen LogP contribution in [0, 0.1) is 13.8 Å². The summed E-state index contributed by atoms with van der Waals surface area (Å²) in [4.78, 5) is 5.17. The molecule has 0 saturated heterocycles. The van der Waals surface area contributed by atoms with E-state index in [9.17, 15) is 0 Å². The minimum absolute atomic E-state index is 0.0788. The first-order valence-corrected chi connectivity index (χ1v) is 31.4. The zero-order valence-electron chi connectivity index (χ0n) is 51.0. The quantitative estimate of drug-likeness (QED) is 0.160. The Bertz CT molecular complexity index is 5230. The molecule has 1 spiro atoms. The van der Waals surface area contributed by atoms with Crippen LogP contribution in [0.5, 0.6) is 0 Å². The Morgan fingerprint density at radius 2 is 0.886 bits per heavy atom. The van der Waals surface area contributed by atoms with Gasteiger partial charge in [-0.1, -0.05) is 224 Å². The molecule has 5 heteroatoms. The first-order valence-electron chi connectivity index (χ1n) is 31.4. The van der Waals surface area contributed by atoms with Crippen molar-refractivity contribution < 1.29 is 0 Å². The number of nitrogens with zero attached hydrogens (tertiary/aromatic N) is 4. The van der Waals surface area contributed by atoms with E-state index >= 15 is 0 Å². The van der Waals surface area contributed by atoms with Gasteiger partial charge in [0.25, 0.3) is 6.71 Å². The second-order valence-corrected chi connectivity index (χ2v) is 27.3. The number of anilines is 6. The van der Waals surface area contributed by atoms with E-state index in [4.69, 9.17) is 0 Å². The summed E-state index contributed by atoms with van der Waals surface area (Å²) in [6.07, 6.45) is 0. The van der Waals surface area contributed by atoms with Crippen LogP contribution in [0.25, 0.3) is 77.2 Å². The van der Waals surface area contributed by atoms with Gasteiger partial charge in [-0.15, -0.1) is 0 Å². The first-order chi connectivity index (χ1) is 42.8. The van der Waals surface area contributed by atoms with Gasteiger partial charge in [0.05, 0.1) is 33.2 Å². The number of fused-ring (bicyclic) bond motifs is 21. The van der Waals surface area contributed by atoms with Crippen molar-refractivity contribution in [3.8, 4) is 33.6 Å². The Kier molecular flexibility index (Phi) is 10.5. The van der Waals surface area contributed by atoms with Crippen LogP contribution in [0.2, 0.25) is 0 Å². The highest BCUT2D eigenvalue weighted by Crippen LogP contribution is 2.64. The van der Waals surface area contributed by atoms with Crippen molar-refractivity contribution in [3.05, 3.63) is 293 Å². The number of hydrogen-bond acceptors (Lipinski definition) is 2. The van der Waals surface area contributed by atoms with Gasteiger partial charge in [0, 0.05) is 61.4 Å². The number of benzene rings is 12. The highest BCUT2D eigenvalue weighted by Gasteiger charge is 2.53. The fourth-order valence-corrected chi connectivity index (χ4v) is 16.5. The van der Waals surface area contributed by atoms with Crippen molar-refractivity contribution in [2.45, 2.75) is 71.6 Å². The molecule has 4 aliphatic rings. The van der Waals surface area contributed by atoms with Crippen molar-refractivity contribution in [1.29, 1.82) is 0 Å². The van der Waals surface area contributed by atoms with Gasteiger partial charge < -0.3 is 18.9 Å². The Morgan fingerprint density at radius 3 is 1.49 bits per heavy atom. The van der Waals surface area contributed by atoms with E-state index in [0.717, 1.165) is 22.7 Å². The largest absolute Gasteiger partial charge is 0.311 e. The van der Waals surface area contributed by atoms with Crippen molar-refractivity contribution in [3.63, 3.8) is 0 Å². The van der Waals surface area contributed by atoms with Gasteiger partial charge in [0.1, 0.15) is 0 Å². The molecule has 4 heterocycles. The molecule has 0 bridgehead atoms. The molecule has 0 fully saturated rings. The molecule has 2 aliphatic heterocycles. The van der Waals surface area contributed by atoms with Gasteiger partial charge in [-0.25, -0.2) is 0 Å². The maximum absolute atomic E-state index is 2.68. The third-order valence-corrected chi connectivity index (χ3v) is 20.4. The van der Waals surface area contributed by atoms with E-state index in [2.05, 4.69) is 323 Å². The van der Waals surface area contributed by atoms with Gasteiger partial charge >= 0.3 is 0 Å². The van der Waals surface area contributed by atoms with Gasteiger partial charge in [-0.05, 0) is 175 Å². The summed E-state index contributed by atoms with van der Waals surface area (Å²) >= 11 is 0. The Hall–Kier alpha value is -10.1. The average Bonchev–Trinajstić information content (AvgIpc) is 1.45. The molecule has 2 aromatic heterocycles. The lowest BCUT2D eigenvalue weighted by Gasteiger charge is -2.42. The fraction of sp³-hybridized carbons (Fsp3) is 0.133. The number of hydrogen-bond donors (Lipinski definition) is 0. The monoisotopic (exact) mass is 1130 g/mol. The minimum atomic E-state index is -0.541. The van der Waals surface area contributed by atoms with Crippen LogP contribution in [-0.4, -0.2) is 15.8 Å². The summed E-state index contributed by atoms with van der Waals surface area (Å²) in [6, 6.07) is 95.7. The number of para-hydroxylation sites is 5. The molecule has 420 valence electrons. The average molecular weight is 1130 g/mol. The zero-order valence-corrected chi connectivity index (χ0v) is 51.0. The van der Waals surface area contributed by atoms with Crippen molar-refractivity contribution in [1.82, 2.24) is 9.13 Å². The SMILES string of the molecule is Cc1ccccc1N(c1cc2c3c(c1)-n1c4ccccc4c4c1c(cc1c5ccccc5n(-c5cc(C(C)(C)C)cc(C(C)(C)C)c5)c14)B3c1cc3c(cc1N2c1ccccc1)C1(c2ccccc2-c2ccccc21)c1ccccc1-3)c1ccccc1C. The fourth-order valence-electron chi connectivity index (χ4n) is 16.5. The lowest BCUT2D eigenvalue weighted by atomic mass is 9.33. The molecular weight excluding hydrogens is 1060 g/mol. The molecule has 0 atom stereocenters. The van der Waals surface area contributed by atoms with Crippen LogP contribution < -0.4 is 26.2 Å². The molecule has 18 rings (SSSR count). The maximum atomic E-state index is 2.68. The molecule has 88 heavy (non-hydrogen) atoms. The van der Waals surface area contributed by atoms with E-state index in [-0.39, 0.29) is 17.5 Å². The number of aryl methyl sites for hydroxylation is 2. The lowest BCUT2D eigenvalue weighted by molar-refractivity contribution is 0.568. The number of aromatic nitrogens is 2. The third-order valence-electron chi connectivity index (χ3n) is 20.4. The van der Waals surface area contributed by atoms with E-state index in [0.29, 0.717) is 0 Å². The molecule has 14 aromatic rings. The predicted octanol–water partition coefficient (Wildman–Crippen LogP) is 19.5. The highest BCUT2D eigenvalue weighted by molar-refractivity contribution is 7.00. The summed E-state index contributed by atoms with van der Waals surface area (Å²) in [6.45, 7) is 18.5. The molecule has 0 amide bonds. The van der Waals surface area contributed by atoms with Gasteiger partial charge in [-0.3, -0.25) is 0 Å². The number of rotatable bonds is 5. The molecule has 2 aliphatic carbocycles. The standard InChI is InChI=1S/C83H65BN4/c1-50-26-12-22-38-70(50)86(71-39-23-13-27-51(71)2)56-45-75-78-76(46-56)88-73-41-25-18-34-61(73)77-79-63(60-33-17-24-40-72(60)87(79)55-43-52(81(3,4)5)42-53(44-55)82(6,7)8)48-69(80(77)88)84(78)68-47-62-59-32-16-21-37-66(59)83(67(62)49-74(68)85(75)54-28-10-9-11-29-54)64-35-19-14-30-57(64)58-31-15-20-36-65(58)83/h9-49H,1-8H3. The Balaban J connectivity index is 1.04. The van der Waals surface area contributed by atoms with Crippen molar-refractivity contribution in [2.24, 2.45) is 0 Å². The summed E-state index contributed by atoms with van der Waals surface area (Å²) < 4.78 is 5.31. The molecule has 4 nitrogen and oxygen atoms in total. The van der Waals surface area contributed by atoms with Gasteiger partial charge in [0.15, 0.2) is 0 Å². The Morgan fingerprint density at radius 1 is 0.375 bits per heavy atom. The summed E-state index contributed by atoms with van der Waals surface area (Å²) in [5.41, 5.74) is 33.1. The molecule has 0 unspecified atom stereocenters. The maximum Gasteiger partial charge on any atom is 0.252 e. The molecule has 0 saturated carbocycles. The second-order valence-electron chi connectivity index (χ2n) is 27.3. The van der Waals surface area contributed by atoms with E-state index in [1.807, 2.05) is 0 Å². The van der Waals surface area contributed by atoms with Crippen LogP contribution in [0.3, 0.4) is 0 Å². The van der Waals surface area contributed by atoms with Gasteiger partial charge in [-0.2, -0.15) is 0 Å². The van der Waals surface area contributed by atoms with Crippen LogP contribution in [-0.2, 0) is 16.2 Å². The predicted molar refractivity (Wildman–Crippen MR) is 372 cm³/mol. The summed E-state index contributed by atoms with van der Waals surface area (Å²) in [7, 11) is 0. The first kappa shape index (κ1) is 51.2. The van der Waals surface area contributed by atoms with E-state index in [1.165, 1.54) is 150 Å². The second kappa shape index (κ2) is 18.0. The minimum Gasteiger partial charge on any atom is -0.311 e. The topological polar surface area (TPSA) is 16.3 Å². The molecule has 12 aromatic carbocycles.